The molecule has 1 saturated carbocycles. The number of rotatable bonds is 5. The number of hydrogen-bond donors (Lipinski definition) is 0. The van der Waals surface area contributed by atoms with Gasteiger partial charge in [0.2, 0.25) is 0 Å². The van der Waals surface area contributed by atoms with Crippen molar-refractivity contribution >= 4 is 18.4 Å². The first-order chi connectivity index (χ1) is 14.6. The number of aliphatic imine (C=N–C) groups is 1. The van der Waals surface area contributed by atoms with Gasteiger partial charge in [-0.25, -0.2) is 0 Å². The zero-order valence-corrected chi connectivity index (χ0v) is 18.1. The third kappa shape index (κ3) is 3.21. The van der Waals surface area contributed by atoms with Gasteiger partial charge in [-0.2, -0.15) is 0 Å². The fourth-order valence-corrected chi connectivity index (χ4v) is 5.73. The van der Waals surface area contributed by atoms with Gasteiger partial charge in [0.05, 0.1) is 0 Å². The highest BCUT2D eigenvalue weighted by molar-refractivity contribution is 5.93. The highest BCUT2D eigenvalue weighted by Crippen LogP contribution is 2.69. The molecule has 0 bridgehead atoms. The lowest BCUT2D eigenvalue weighted by Crippen LogP contribution is -2.31. The molecule has 152 valence electrons. The molecule has 1 aliphatic heterocycles. The van der Waals surface area contributed by atoms with E-state index in [1.807, 2.05) is 6.07 Å². The average Bonchev–Trinajstić information content (AvgIpc) is 3.28. The molecule has 0 radical (unpaired) electrons. The monoisotopic (exact) mass is 393 g/mol. The maximum absolute atomic E-state index is 4.92. The molecule has 4 atom stereocenters. The van der Waals surface area contributed by atoms with Crippen LogP contribution in [0.5, 0.6) is 0 Å². The van der Waals surface area contributed by atoms with Gasteiger partial charge in [-0.05, 0) is 60.1 Å². The molecule has 5 rings (SSSR count). The molecule has 1 spiro atoms. The van der Waals surface area contributed by atoms with E-state index in [0.29, 0.717) is 23.2 Å². The first kappa shape index (κ1) is 19.3. The van der Waals surface area contributed by atoms with E-state index in [-0.39, 0.29) is 0 Å². The predicted molar refractivity (Wildman–Crippen MR) is 128 cm³/mol. The Hall–Kier alpha value is -2.67. The van der Waals surface area contributed by atoms with Gasteiger partial charge in [-0.15, -0.1) is 0 Å². The molecule has 0 aromatic heterocycles. The van der Waals surface area contributed by atoms with Crippen molar-refractivity contribution in [2.45, 2.75) is 39.5 Å². The summed E-state index contributed by atoms with van der Waals surface area (Å²) in [6.07, 6.45) is 22.9. The molecule has 3 aliphatic carbocycles. The molecule has 1 heterocycles. The van der Waals surface area contributed by atoms with Crippen molar-refractivity contribution in [3.05, 3.63) is 94.1 Å². The van der Waals surface area contributed by atoms with Gasteiger partial charge in [-0.1, -0.05) is 85.9 Å². The lowest BCUT2D eigenvalue weighted by Gasteiger charge is -2.37. The van der Waals surface area contributed by atoms with E-state index in [2.05, 4.69) is 87.4 Å². The molecular weight excluding hydrogens is 362 g/mol. The zero-order valence-electron chi connectivity index (χ0n) is 18.1. The first-order valence-electron chi connectivity index (χ1n) is 11.3. The van der Waals surface area contributed by atoms with E-state index in [1.54, 1.807) is 0 Å². The fourth-order valence-electron chi connectivity index (χ4n) is 5.73. The van der Waals surface area contributed by atoms with Crippen molar-refractivity contribution in [1.29, 1.82) is 0 Å². The van der Waals surface area contributed by atoms with Crippen LogP contribution in [0.1, 0.15) is 39.5 Å². The van der Waals surface area contributed by atoms with Gasteiger partial charge in [0.1, 0.15) is 0 Å². The third-order valence-corrected chi connectivity index (χ3v) is 7.71. The van der Waals surface area contributed by atoms with Crippen molar-refractivity contribution in [1.82, 2.24) is 0 Å². The summed E-state index contributed by atoms with van der Waals surface area (Å²) in [6.45, 7) is 8.81. The highest BCUT2D eigenvalue weighted by Gasteiger charge is 2.64. The summed E-state index contributed by atoms with van der Waals surface area (Å²) in [5.41, 5.74) is 6.14. The van der Waals surface area contributed by atoms with Crippen molar-refractivity contribution in [2.24, 2.45) is 28.2 Å². The Morgan fingerprint density at radius 1 is 1.27 bits per heavy atom. The maximum Gasteiger partial charge on any atom is 0.0305 e. The van der Waals surface area contributed by atoms with E-state index in [9.17, 15) is 0 Å². The molecule has 1 heteroatoms. The molecule has 1 aromatic carbocycles. The molecular formula is C29H31N. The Kier molecular flexibility index (Phi) is 4.85. The lowest BCUT2D eigenvalue weighted by molar-refractivity contribution is 0.311. The topological polar surface area (TPSA) is 12.4 Å². The molecule has 4 aliphatic rings. The van der Waals surface area contributed by atoms with Crippen LogP contribution in [0, 0.1) is 23.2 Å². The molecule has 4 unspecified atom stereocenters. The van der Waals surface area contributed by atoms with Crippen molar-refractivity contribution in [2.75, 3.05) is 0 Å². The van der Waals surface area contributed by atoms with Crippen molar-refractivity contribution in [3.63, 3.8) is 0 Å². The number of nitrogens with zero attached hydrogens (tertiary/aromatic N) is 1. The van der Waals surface area contributed by atoms with Gasteiger partial charge >= 0.3 is 0 Å². The average molecular weight is 394 g/mol. The molecule has 1 nitrogen and oxygen atoms in total. The maximum atomic E-state index is 4.92. The minimum atomic E-state index is 0.338. The molecule has 1 fully saturated rings. The van der Waals surface area contributed by atoms with Gasteiger partial charge in [0, 0.05) is 29.2 Å². The molecule has 1 aromatic rings. The minimum Gasteiger partial charge on any atom is -0.265 e. The van der Waals surface area contributed by atoms with Crippen LogP contribution in [0.4, 0.5) is 0 Å². The summed E-state index contributed by atoms with van der Waals surface area (Å²) in [5.74, 6) is 1.85. The lowest BCUT2D eigenvalue weighted by atomic mass is 9.67. The summed E-state index contributed by atoms with van der Waals surface area (Å²) in [5, 5.41) is 2.28. The van der Waals surface area contributed by atoms with E-state index >= 15 is 0 Å². The van der Waals surface area contributed by atoms with Gasteiger partial charge in [0.15, 0.2) is 0 Å². The van der Waals surface area contributed by atoms with E-state index in [0.717, 1.165) is 24.5 Å². The predicted octanol–water partition coefficient (Wildman–Crippen LogP) is 5.66. The normalized spacial score (nSPS) is 32.3. The van der Waals surface area contributed by atoms with E-state index in [4.69, 9.17) is 4.99 Å². The minimum absolute atomic E-state index is 0.338. The van der Waals surface area contributed by atoms with Crippen LogP contribution in [0.15, 0.2) is 88.6 Å². The molecule has 0 N–H and O–H groups in total. The number of benzene rings is 1. The van der Waals surface area contributed by atoms with Crippen LogP contribution in [0.3, 0.4) is 0 Å². The molecule has 0 saturated heterocycles. The van der Waals surface area contributed by atoms with Gasteiger partial charge < -0.3 is 0 Å². The Morgan fingerprint density at radius 2 is 2.13 bits per heavy atom. The van der Waals surface area contributed by atoms with Crippen LogP contribution in [0.25, 0.3) is 12.7 Å². The summed E-state index contributed by atoms with van der Waals surface area (Å²) in [4.78, 5) is 4.92. The van der Waals surface area contributed by atoms with Gasteiger partial charge in [0.25, 0.3) is 0 Å². The smallest absolute Gasteiger partial charge is 0.0305 e. The van der Waals surface area contributed by atoms with Crippen molar-refractivity contribution < 1.29 is 0 Å². The Balaban J connectivity index is 1.30. The molecule has 30 heavy (non-hydrogen) atoms. The second kappa shape index (κ2) is 7.54. The summed E-state index contributed by atoms with van der Waals surface area (Å²) in [6, 6.07) is 8.30. The first-order valence-corrected chi connectivity index (χ1v) is 11.3. The fraction of sp³-hybridized carbons (Fsp3) is 0.345. The van der Waals surface area contributed by atoms with Crippen LogP contribution >= 0.6 is 0 Å². The Bertz CT molecular complexity index is 1150. The third-order valence-electron chi connectivity index (χ3n) is 7.71. The van der Waals surface area contributed by atoms with Gasteiger partial charge in [-0.3, -0.25) is 4.99 Å². The second-order valence-corrected chi connectivity index (χ2v) is 9.40. The number of hydrogen-bond acceptors (Lipinski definition) is 1. The summed E-state index contributed by atoms with van der Waals surface area (Å²) < 4.78 is 0. The van der Waals surface area contributed by atoms with E-state index < -0.39 is 0 Å². The van der Waals surface area contributed by atoms with Crippen LogP contribution < -0.4 is 10.4 Å². The second-order valence-electron chi connectivity index (χ2n) is 9.40. The Labute approximate surface area is 180 Å². The largest absolute Gasteiger partial charge is 0.265 e. The van der Waals surface area contributed by atoms with Crippen LogP contribution in [0.2, 0.25) is 0 Å². The van der Waals surface area contributed by atoms with Crippen LogP contribution in [-0.2, 0) is 0 Å². The zero-order chi connectivity index (χ0) is 20.7. The summed E-state index contributed by atoms with van der Waals surface area (Å²) in [7, 11) is 0. The SMILES string of the molecule is C=c1cccc/c1=C/C=C(\C)CCC1=NC=C2C=CC(C3=CCC=C3)C(C)C23CC13. The quantitative estimate of drug-likeness (QED) is 0.612. The van der Waals surface area contributed by atoms with E-state index in [1.165, 1.54) is 34.1 Å². The number of allylic oxidation sites excluding steroid dienone is 9. The van der Waals surface area contributed by atoms with Crippen LogP contribution in [-0.4, -0.2) is 5.71 Å². The summed E-state index contributed by atoms with van der Waals surface area (Å²) >= 11 is 0. The van der Waals surface area contributed by atoms with Crippen molar-refractivity contribution in [3.8, 4) is 0 Å². The molecule has 0 amide bonds. The standard InChI is InChI=1S/C29H31N/c1-20(12-14-23-9-5-4-8-21(23)2)13-17-28-27-18-29(27)22(3)26(24-10-6-7-11-24)16-15-25(29)19-30-28/h4-6,8-12,14-16,19,22,26-27H,2,7,13,17-18H2,1,3H3/b20-12+,23-14-. The highest BCUT2D eigenvalue weighted by atomic mass is 14.8. The Morgan fingerprint density at radius 3 is 2.93 bits per heavy atom.